The molecule has 0 radical (unpaired) electrons. The molecule has 7 unspecified atom stereocenters. The predicted molar refractivity (Wildman–Crippen MR) is 271 cm³/mol. The molecule has 1 aliphatic carbocycles. The van der Waals surface area contributed by atoms with E-state index in [1.165, 1.54) is 12.0 Å². The first-order chi connectivity index (χ1) is 33.2. The number of anilines is 1. The third-order valence-corrected chi connectivity index (χ3v) is 16.0. The number of cyclic esters (lactones) is 1. The predicted octanol–water partition coefficient (Wildman–Crippen LogP) is 7.19. The molecule has 4 heterocycles. The van der Waals surface area contributed by atoms with Gasteiger partial charge in [0, 0.05) is 58.8 Å². The standard InChI is InChI=1S/C55H87N5O10/c1-34-17-13-12-14-18-35(2)45(58(8)48-26-27-57-59(48)9)33-43-24-21-40(7)55(66,70-43)52(63)53(64)60-28-16-15-19-44(60)54(65)69-46(37(4)30-41-22-20-36(3)47(32-41)67-10)25-23-42(56)31-39(6)50(62)51(68-11)49(61)38(5)29-34/h12-14,17-18,26-27,31,34,36-38,40-47,50-51,62,66H,15-16,19-25,28-30,32-33,56H2,1-11H3/b14-12+,17-13+,35-18+,39-31+/t34-,36-,37-,38?,40?,41?,42+,43+,44?,45-,46+,47?,50?,51+,55?/m1/s1. The van der Waals surface area contributed by atoms with Crippen LogP contribution in [0.4, 0.5) is 5.82 Å². The lowest BCUT2D eigenvalue weighted by molar-refractivity contribution is -0.263. The number of rotatable bonds is 7. The first kappa shape index (κ1) is 56.9. The number of aromatic nitrogens is 2. The Labute approximate surface area is 418 Å². The second-order valence-corrected chi connectivity index (χ2v) is 21.5. The Morgan fingerprint density at radius 3 is 2.36 bits per heavy atom. The highest BCUT2D eigenvalue weighted by atomic mass is 16.6. The van der Waals surface area contributed by atoms with Gasteiger partial charge in [-0.1, -0.05) is 76.6 Å². The van der Waals surface area contributed by atoms with Crippen LogP contribution in [0.3, 0.4) is 0 Å². The van der Waals surface area contributed by atoms with Crippen LogP contribution in [0.2, 0.25) is 0 Å². The number of nitrogens with zero attached hydrogens (tertiary/aromatic N) is 4. The van der Waals surface area contributed by atoms with Gasteiger partial charge in [-0.2, -0.15) is 5.10 Å². The van der Waals surface area contributed by atoms with Crippen molar-refractivity contribution in [2.75, 3.05) is 32.7 Å². The first-order valence-electron chi connectivity index (χ1n) is 26.1. The van der Waals surface area contributed by atoms with Crippen molar-refractivity contribution < 1.29 is 48.3 Å². The van der Waals surface area contributed by atoms with Crippen molar-refractivity contribution in [1.29, 1.82) is 0 Å². The molecule has 1 amide bonds. The van der Waals surface area contributed by atoms with Gasteiger partial charge in [0.25, 0.3) is 11.7 Å². The van der Waals surface area contributed by atoms with Crippen LogP contribution in [0.5, 0.6) is 0 Å². The summed E-state index contributed by atoms with van der Waals surface area (Å²) in [6.07, 6.45) is 18.1. The third kappa shape index (κ3) is 14.4. The van der Waals surface area contributed by atoms with Crippen LogP contribution in [0.1, 0.15) is 132 Å². The number of esters is 1. The van der Waals surface area contributed by atoms with Crippen molar-refractivity contribution in [1.82, 2.24) is 14.7 Å². The second-order valence-electron chi connectivity index (χ2n) is 21.5. The molecule has 4 aliphatic rings. The van der Waals surface area contributed by atoms with Gasteiger partial charge < -0.3 is 44.7 Å². The number of nitrogens with two attached hydrogens (primary N) is 1. The number of aliphatic hydroxyl groups excluding tert-OH is 1. The van der Waals surface area contributed by atoms with Gasteiger partial charge in [0.1, 0.15) is 30.2 Å². The van der Waals surface area contributed by atoms with Crippen LogP contribution in [0.25, 0.3) is 0 Å². The van der Waals surface area contributed by atoms with E-state index >= 15 is 0 Å². The number of hydrogen-bond acceptors (Lipinski definition) is 13. The van der Waals surface area contributed by atoms with Crippen LogP contribution in [0, 0.1) is 35.5 Å². The number of piperidine rings is 1. The molecule has 3 aliphatic heterocycles. The maximum Gasteiger partial charge on any atom is 0.329 e. The van der Waals surface area contributed by atoms with Gasteiger partial charge in [0.2, 0.25) is 5.79 Å². The second kappa shape index (κ2) is 26.1. The summed E-state index contributed by atoms with van der Waals surface area (Å²) in [5.41, 5.74) is 8.23. The number of aliphatic hydroxyl groups is 2. The van der Waals surface area contributed by atoms with Gasteiger partial charge in [0.15, 0.2) is 5.78 Å². The summed E-state index contributed by atoms with van der Waals surface area (Å²) in [5.74, 6) is -4.69. The van der Waals surface area contributed by atoms with E-state index in [0.717, 1.165) is 37.1 Å². The van der Waals surface area contributed by atoms with E-state index < -0.39 is 71.8 Å². The topological polar surface area (TPSA) is 196 Å². The van der Waals surface area contributed by atoms with Crippen molar-refractivity contribution in [3.63, 3.8) is 0 Å². The fourth-order valence-electron chi connectivity index (χ4n) is 11.4. The Morgan fingerprint density at radius 2 is 1.67 bits per heavy atom. The summed E-state index contributed by atoms with van der Waals surface area (Å²) in [6, 6.07) is 0.0836. The minimum Gasteiger partial charge on any atom is -0.461 e. The maximum atomic E-state index is 14.5. The molecule has 1 saturated carbocycles. The number of methoxy groups -OCH3 is 2. The molecule has 3 fully saturated rings. The number of fused-ring (bicyclic) bond motifs is 3. The summed E-state index contributed by atoms with van der Waals surface area (Å²) in [7, 11) is 7.02. The third-order valence-electron chi connectivity index (χ3n) is 16.0. The number of ketones is 2. The molecule has 70 heavy (non-hydrogen) atoms. The minimum atomic E-state index is -2.41. The number of carbonyl (C=O) groups is 4. The van der Waals surface area contributed by atoms with Gasteiger partial charge in [-0.05, 0) is 127 Å². The van der Waals surface area contributed by atoms with E-state index in [4.69, 9.17) is 24.7 Å². The fourth-order valence-corrected chi connectivity index (χ4v) is 11.4. The lowest BCUT2D eigenvalue weighted by Crippen LogP contribution is -2.61. The van der Waals surface area contributed by atoms with Gasteiger partial charge in [-0.25, -0.2) is 4.79 Å². The minimum absolute atomic E-state index is 0.0422. The number of likely N-dealkylation sites (N-methyl/N-ethyl adjacent to an activating group) is 1. The molecule has 1 aromatic rings. The molecule has 2 saturated heterocycles. The lowest BCUT2D eigenvalue weighted by atomic mass is 9.76. The highest BCUT2D eigenvalue weighted by Gasteiger charge is 2.53. The van der Waals surface area contributed by atoms with E-state index in [0.29, 0.717) is 75.2 Å². The quantitative estimate of drug-likeness (QED) is 0.141. The number of aryl methyl sites for hydroxylation is 1. The monoisotopic (exact) mass is 978 g/mol. The molecule has 0 aromatic carbocycles. The summed E-state index contributed by atoms with van der Waals surface area (Å²) < 4.78 is 26.1. The Morgan fingerprint density at radius 1 is 0.929 bits per heavy atom. The van der Waals surface area contributed by atoms with Crippen molar-refractivity contribution in [2.45, 2.75) is 186 Å². The van der Waals surface area contributed by atoms with Crippen LogP contribution < -0.4 is 10.6 Å². The molecule has 4 N–H and O–H groups in total. The molecule has 1 aromatic heterocycles. The Balaban J connectivity index is 1.49. The number of hydrogen-bond donors (Lipinski definition) is 3. The van der Waals surface area contributed by atoms with Gasteiger partial charge in [-0.15, -0.1) is 0 Å². The zero-order valence-corrected chi connectivity index (χ0v) is 44.1. The number of allylic oxidation sites excluding steroid dienone is 5. The molecule has 15 nitrogen and oxygen atoms in total. The molecule has 15 atom stereocenters. The zero-order valence-electron chi connectivity index (χ0n) is 44.1. The normalized spacial score (nSPS) is 38.3. The van der Waals surface area contributed by atoms with Crippen LogP contribution in [0.15, 0.2) is 59.9 Å². The summed E-state index contributed by atoms with van der Waals surface area (Å²) >= 11 is 0. The lowest BCUT2D eigenvalue weighted by Gasteiger charge is -2.43. The van der Waals surface area contributed by atoms with E-state index in [1.807, 2.05) is 71.3 Å². The van der Waals surface area contributed by atoms with Crippen molar-refractivity contribution >= 4 is 29.3 Å². The van der Waals surface area contributed by atoms with Crippen molar-refractivity contribution in [3.8, 4) is 0 Å². The largest absolute Gasteiger partial charge is 0.461 e. The molecule has 392 valence electrons. The number of amides is 1. The molecular formula is C55H87N5O10. The van der Waals surface area contributed by atoms with Gasteiger partial charge in [0.05, 0.1) is 24.4 Å². The smallest absolute Gasteiger partial charge is 0.329 e. The highest BCUT2D eigenvalue weighted by molar-refractivity contribution is 6.39. The first-order valence-corrected chi connectivity index (χ1v) is 26.1. The van der Waals surface area contributed by atoms with Crippen LogP contribution in [-0.2, 0) is 45.2 Å². The fraction of sp³-hybridized carbons (Fsp3) is 0.727. The van der Waals surface area contributed by atoms with Gasteiger partial charge >= 0.3 is 5.97 Å². The molecule has 0 spiro atoms. The zero-order chi connectivity index (χ0) is 51.4. The molecule has 2 bridgehead atoms. The van der Waals surface area contributed by atoms with E-state index in [9.17, 15) is 29.4 Å². The van der Waals surface area contributed by atoms with E-state index in [1.54, 1.807) is 37.9 Å². The maximum absolute atomic E-state index is 14.5. The van der Waals surface area contributed by atoms with Crippen molar-refractivity contribution in [3.05, 3.63) is 59.9 Å². The molecular weight excluding hydrogens is 891 g/mol. The van der Waals surface area contributed by atoms with Crippen molar-refractivity contribution in [2.24, 2.45) is 48.3 Å². The Kier molecular flexibility index (Phi) is 21.2. The van der Waals surface area contributed by atoms with Crippen LogP contribution in [-0.4, -0.2) is 131 Å². The number of Topliss-reactive ketones (excluding diaryl/α,β-unsaturated/α-hetero) is 2. The highest BCUT2D eigenvalue weighted by Crippen LogP contribution is 2.39. The van der Waals surface area contributed by atoms with E-state index in [-0.39, 0.29) is 36.3 Å². The average Bonchev–Trinajstić information content (AvgIpc) is 3.77. The summed E-state index contributed by atoms with van der Waals surface area (Å²) in [6.45, 7) is 13.8. The van der Waals surface area contributed by atoms with Crippen LogP contribution >= 0.6 is 0 Å². The Bertz CT molecular complexity index is 2030. The average molecular weight is 978 g/mol. The summed E-state index contributed by atoms with van der Waals surface area (Å²) in [4.78, 5) is 60.7. The number of ether oxygens (including phenoxy) is 4. The molecule has 5 rings (SSSR count). The number of carbonyl (C=O) groups excluding carboxylic acids is 4. The Hall–Kier alpha value is -3.99. The van der Waals surface area contributed by atoms with E-state index in [2.05, 4.69) is 23.8 Å². The molecule has 15 heteroatoms. The van der Waals surface area contributed by atoms with Gasteiger partial charge in [-0.3, -0.25) is 19.1 Å². The summed E-state index contributed by atoms with van der Waals surface area (Å²) in [5, 5.41) is 28.1. The SMILES string of the molecule is COC1CC(C[C@@H](C)[C@@H]2CC[C@H](N)/C=C(\C)C(O)[C@@H](OC)C(=O)C(C)C[C@H](C)/C=C/C=C/C=C(\C)[C@H](N(C)c3ccnn3C)C[C@@H]3CCC(C)C(O)(O3)C(=O)C(=O)N3CCCCC3C(=O)O2)CC[C@H]1C.